The molecule has 2 aliphatic heterocycles. The van der Waals surface area contributed by atoms with E-state index in [1.807, 2.05) is 4.90 Å². The number of hydrogen-bond donors (Lipinski definition) is 1. The molecule has 0 spiro atoms. The average molecular weight is 342 g/mol. The third kappa shape index (κ3) is 7.15. The smallest absolute Gasteiger partial charge is 0.222 e. The van der Waals surface area contributed by atoms with Crippen LogP contribution in [0.3, 0.4) is 0 Å². The van der Waals surface area contributed by atoms with Crippen LogP contribution in [0.5, 0.6) is 0 Å². The monoisotopic (exact) mass is 341 g/mol. The zero-order valence-corrected chi connectivity index (χ0v) is 14.3. The molecule has 21 heavy (non-hydrogen) atoms. The lowest BCUT2D eigenvalue weighted by Gasteiger charge is -2.37. The topological polar surface area (TPSA) is 58.8 Å². The summed E-state index contributed by atoms with van der Waals surface area (Å²) in [6.07, 6.45) is 3.79. The largest absolute Gasteiger partial charge is 0.381 e. The van der Waals surface area contributed by atoms with Gasteiger partial charge in [-0.15, -0.1) is 24.8 Å². The van der Waals surface area contributed by atoms with Gasteiger partial charge in [-0.1, -0.05) is 0 Å². The van der Waals surface area contributed by atoms with Gasteiger partial charge in [-0.25, -0.2) is 0 Å². The molecule has 0 bridgehead atoms. The molecule has 126 valence electrons. The van der Waals surface area contributed by atoms with Gasteiger partial charge < -0.3 is 15.4 Å². The maximum atomic E-state index is 11.9. The van der Waals surface area contributed by atoms with Crippen LogP contribution in [-0.4, -0.2) is 68.2 Å². The molecule has 2 saturated heterocycles. The zero-order chi connectivity index (χ0) is 13.5. The van der Waals surface area contributed by atoms with Gasteiger partial charge in [0, 0.05) is 52.4 Å². The molecule has 2 rings (SSSR count). The van der Waals surface area contributed by atoms with Crippen LogP contribution in [0.2, 0.25) is 0 Å². The third-order valence-corrected chi connectivity index (χ3v) is 4.18. The first-order valence-electron chi connectivity index (χ1n) is 7.57. The van der Waals surface area contributed by atoms with Crippen LogP contribution in [0.15, 0.2) is 0 Å². The van der Waals surface area contributed by atoms with Crippen LogP contribution in [0.25, 0.3) is 0 Å². The Kier molecular flexibility index (Phi) is 11.5. The van der Waals surface area contributed by atoms with E-state index < -0.39 is 0 Å². The summed E-state index contributed by atoms with van der Waals surface area (Å²) in [4.78, 5) is 16.4. The fraction of sp³-hybridized carbons (Fsp3) is 0.929. The van der Waals surface area contributed by atoms with E-state index in [0.29, 0.717) is 13.0 Å². The van der Waals surface area contributed by atoms with Crippen molar-refractivity contribution in [3.63, 3.8) is 0 Å². The van der Waals surface area contributed by atoms with Crippen LogP contribution in [-0.2, 0) is 9.53 Å². The van der Waals surface area contributed by atoms with Crippen LogP contribution < -0.4 is 5.73 Å². The maximum absolute atomic E-state index is 11.9. The van der Waals surface area contributed by atoms with Crippen molar-refractivity contribution in [1.29, 1.82) is 0 Å². The van der Waals surface area contributed by atoms with E-state index in [2.05, 4.69) is 4.90 Å². The standard InChI is InChI=1S/C14H27N3O2.2ClH/c15-5-1-2-14(18)17-8-6-16(7-9-17)12-13-3-10-19-11-4-13;;/h13H,1-12,15H2;2*1H. The molecule has 0 saturated carbocycles. The van der Waals surface area contributed by atoms with Crippen LogP contribution in [0.4, 0.5) is 0 Å². The number of piperazine rings is 1. The summed E-state index contributed by atoms with van der Waals surface area (Å²) in [6, 6.07) is 0. The van der Waals surface area contributed by atoms with Crippen molar-refractivity contribution in [3.05, 3.63) is 0 Å². The van der Waals surface area contributed by atoms with Crippen molar-refractivity contribution >= 4 is 30.7 Å². The number of amides is 1. The number of rotatable bonds is 5. The van der Waals surface area contributed by atoms with Gasteiger partial charge in [-0.05, 0) is 31.7 Å². The summed E-state index contributed by atoms with van der Waals surface area (Å²) in [5.41, 5.74) is 5.44. The second-order valence-corrected chi connectivity index (χ2v) is 5.63. The molecule has 0 aromatic carbocycles. The van der Waals surface area contributed by atoms with Crippen molar-refractivity contribution in [2.75, 3.05) is 52.5 Å². The van der Waals surface area contributed by atoms with E-state index in [-0.39, 0.29) is 30.7 Å². The Morgan fingerprint density at radius 1 is 1.10 bits per heavy atom. The number of carbonyl (C=O) groups is 1. The Hall–Kier alpha value is -0.0700. The van der Waals surface area contributed by atoms with E-state index in [0.717, 1.165) is 51.7 Å². The molecule has 2 N–H and O–H groups in total. The van der Waals surface area contributed by atoms with Gasteiger partial charge in [0.1, 0.15) is 0 Å². The van der Waals surface area contributed by atoms with Crippen molar-refractivity contribution < 1.29 is 9.53 Å². The molecule has 0 aromatic rings. The lowest BCUT2D eigenvalue weighted by Crippen LogP contribution is -2.50. The van der Waals surface area contributed by atoms with Gasteiger partial charge in [-0.3, -0.25) is 9.69 Å². The van der Waals surface area contributed by atoms with E-state index in [9.17, 15) is 4.79 Å². The highest BCUT2D eigenvalue weighted by Crippen LogP contribution is 2.17. The van der Waals surface area contributed by atoms with Crippen molar-refractivity contribution in [3.8, 4) is 0 Å². The molecule has 0 atom stereocenters. The zero-order valence-electron chi connectivity index (χ0n) is 12.7. The molecule has 5 nitrogen and oxygen atoms in total. The molecule has 2 aliphatic rings. The first kappa shape index (κ1) is 20.9. The first-order valence-corrected chi connectivity index (χ1v) is 7.57. The molecule has 2 heterocycles. The lowest BCUT2D eigenvalue weighted by atomic mass is 9.99. The highest BCUT2D eigenvalue weighted by atomic mass is 35.5. The summed E-state index contributed by atoms with van der Waals surface area (Å²) in [6.45, 7) is 7.42. The molecular weight excluding hydrogens is 313 g/mol. The Bertz CT molecular complexity index is 281. The molecule has 0 aromatic heterocycles. The number of nitrogens with zero attached hydrogens (tertiary/aromatic N) is 2. The minimum atomic E-state index is 0. The lowest BCUT2D eigenvalue weighted by molar-refractivity contribution is -0.133. The Morgan fingerprint density at radius 2 is 1.71 bits per heavy atom. The predicted molar refractivity (Wildman–Crippen MR) is 89.3 cm³/mol. The molecule has 0 aliphatic carbocycles. The molecule has 7 heteroatoms. The van der Waals surface area contributed by atoms with Crippen LogP contribution in [0.1, 0.15) is 25.7 Å². The predicted octanol–water partition coefficient (Wildman–Crippen LogP) is 1.14. The third-order valence-electron chi connectivity index (χ3n) is 4.18. The SMILES string of the molecule is Cl.Cl.NCCCC(=O)N1CCN(CC2CCOCC2)CC1. The molecule has 0 radical (unpaired) electrons. The van der Waals surface area contributed by atoms with Gasteiger partial charge in [0.15, 0.2) is 0 Å². The molecular formula is C14H29Cl2N3O2. The van der Waals surface area contributed by atoms with Crippen molar-refractivity contribution in [2.45, 2.75) is 25.7 Å². The Balaban J connectivity index is 0.00000200. The Labute approximate surface area is 140 Å². The van der Waals surface area contributed by atoms with Gasteiger partial charge in [-0.2, -0.15) is 0 Å². The minimum Gasteiger partial charge on any atom is -0.381 e. The Morgan fingerprint density at radius 3 is 2.29 bits per heavy atom. The van der Waals surface area contributed by atoms with E-state index in [1.165, 1.54) is 19.4 Å². The van der Waals surface area contributed by atoms with E-state index >= 15 is 0 Å². The molecule has 1 amide bonds. The quantitative estimate of drug-likeness (QED) is 0.814. The van der Waals surface area contributed by atoms with Crippen LogP contribution >= 0.6 is 24.8 Å². The van der Waals surface area contributed by atoms with Crippen molar-refractivity contribution in [1.82, 2.24) is 9.80 Å². The van der Waals surface area contributed by atoms with E-state index in [1.54, 1.807) is 0 Å². The highest BCUT2D eigenvalue weighted by Gasteiger charge is 2.23. The normalized spacial score (nSPS) is 20.5. The molecule has 2 fully saturated rings. The summed E-state index contributed by atoms with van der Waals surface area (Å²) >= 11 is 0. The van der Waals surface area contributed by atoms with Crippen LogP contribution in [0, 0.1) is 5.92 Å². The second-order valence-electron chi connectivity index (χ2n) is 5.63. The number of nitrogens with two attached hydrogens (primary N) is 1. The summed E-state index contributed by atoms with van der Waals surface area (Å²) in [5.74, 6) is 1.06. The second kappa shape index (κ2) is 11.5. The maximum Gasteiger partial charge on any atom is 0.222 e. The minimum absolute atomic E-state index is 0. The van der Waals surface area contributed by atoms with Gasteiger partial charge in [0.25, 0.3) is 0 Å². The fourth-order valence-corrected chi connectivity index (χ4v) is 2.89. The summed E-state index contributed by atoms with van der Waals surface area (Å²) in [7, 11) is 0. The number of halogens is 2. The van der Waals surface area contributed by atoms with Gasteiger partial charge in [0.05, 0.1) is 0 Å². The van der Waals surface area contributed by atoms with Gasteiger partial charge >= 0.3 is 0 Å². The number of hydrogen-bond acceptors (Lipinski definition) is 4. The van der Waals surface area contributed by atoms with Crippen molar-refractivity contribution in [2.24, 2.45) is 11.7 Å². The summed E-state index contributed by atoms with van der Waals surface area (Å²) < 4.78 is 5.39. The fourth-order valence-electron chi connectivity index (χ4n) is 2.89. The average Bonchev–Trinajstić information content (AvgIpc) is 2.46. The highest BCUT2D eigenvalue weighted by molar-refractivity contribution is 5.85. The number of carbonyl (C=O) groups excluding carboxylic acids is 1. The van der Waals surface area contributed by atoms with E-state index in [4.69, 9.17) is 10.5 Å². The first-order chi connectivity index (χ1) is 9.29. The van der Waals surface area contributed by atoms with Gasteiger partial charge in [0.2, 0.25) is 5.91 Å². The number of ether oxygens (including phenoxy) is 1. The summed E-state index contributed by atoms with van der Waals surface area (Å²) in [5, 5.41) is 0. The molecule has 0 unspecified atom stereocenters.